The molecule has 108 valence electrons. The van der Waals surface area contributed by atoms with E-state index < -0.39 is 4.92 Å². The van der Waals surface area contributed by atoms with Gasteiger partial charge in [-0.25, -0.2) is 0 Å². The number of nitro groups is 1. The van der Waals surface area contributed by atoms with E-state index >= 15 is 0 Å². The second-order valence-corrected chi connectivity index (χ2v) is 4.93. The fourth-order valence-electron chi connectivity index (χ4n) is 1.20. The summed E-state index contributed by atoms with van der Waals surface area (Å²) < 4.78 is 10.6. The number of hydrogen-bond donors (Lipinski definition) is 1. The summed E-state index contributed by atoms with van der Waals surface area (Å²) in [6.45, 7) is 0.283. The molecule has 0 amide bonds. The van der Waals surface area contributed by atoms with Crippen molar-refractivity contribution in [2.45, 2.75) is 0 Å². The lowest BCUT2D eigenvalue weighted by Gasteiger charge is -2.00. The average Bonchev–Trinajstić information content (AvgIpc) is 2.87. The van der Waals surface area contributed by atoms with Crippen molar-refractivity contribution in [1.82, 2.24) is 5.43 Å². The van der Waals surface area contributed by atoms with Gasteiger partial charge in [0.2, 0.25) is 0 Å². The molecule has 0 aliphatic rings. The van der Waals surface area contributed by atoms with E-state index in [0.717, 1.165) is 0 Å². The van der Waals surface area contributed by atoms with Gasteiger partial charge >= 0.3 is 5.88 Å². The summed E-state index contributed by atoms with van der Waals surface area (Å²) >= 11 is 6.29. The summed E-state index contributed by atoms with van der Waals surface area (Å²) in [5, 5.41) is 14.5. The summed E-state index contributed by atoms with van der Waals surface area (Å²) in [5.74, 6) is 0.0364. The number of hydrogen-bond acceptors (Lipinski definition) is 7. The van der Waals surface area contributed by atoms with Crippen LogP contribution in [0.1, 0.15) is 5.76 Å². The molecular formula is C11H13N3O4S2. The Hall–Kier alpha value is -1.71. The minimum absolute atomic E-state index is 0.283. The van der Waals surface area contributed by atoms with E-state index in [-0.39, 0.29) is 12.5 Å². The van der Waals surface area contributed by atoms with Gasteiger partial charge < -0.3 is 9.15 Å². The highest BCUT2D eigenvalue weighted by Crippen LogP contribution is 2.17. The first-order valence-electron chi connectivity index (χ1n) is 5.37. The highest BCUT2D eigenvalue weighted by molar-refractivity contribution is 8.22. The quantitative estimate of drug-likeness (QED) is 0.373. The number of nitrogens with one attached hydrogen (secondary N) is 1. The molecule has 1 heterocycles. The van der Waals surface area contributed by atoms with Crippen LogP contribution in [0.2, 0.25) is 0 Å². The Labute approximate surface area is 125 Å². The number of ether oxygens (including phenoxy) is 1. The summed E-state index contributed by atoms with van der Waals surface area (Å²) in [5.41, 5.74) is 3.33. The van der Waals surface area contributed by atoms with Crippen LogP contribution in [0.4, 0.5) is 5.88 Å². The lowest BCUT2D eigenvalue weighted by Crippen LogP contribution is -2.11. The molecule has 1 aromatic rings. The van der Waals surface area contributed by atoms with Gasteiger partial charge in [-0.15, -0.1) is 0 Å². The Kier molecular flexibility index (Phi) is 6.91. The normalized spacial score (nSPS) is 11.8. The third-order valence-corrected chi connectivity index (χ3v) is 3.06. The van der Waals surface area contributed by atoms with Crippen LogP contribution in [-0.4, -0.2) is 35.4 Å². The van der Waals surface area contributed by atoms with Gasteiger partial charge in [-0.1, -0.05) is 24.0 Å². The van der Waals surface area contributed by atoms with Crippen LogP contribution >= 0.6 is 24.0 Å². The first kappa shape index (κ1) is 16.3. The van der Waals surface area contributed by atoms with E-state index in [1.165, 1.54) is 37.2 Å². The average molecular weight is 315 g/mol. The van der Waals surface area contributed by atoms with Crippen LogP contribution in [0, 0.1) is 10.1 Å². The molecule has 1 N–H and O–H groups in total. The highest BCUT2D eigenvalue weighted by atomic mass is 32.2. The maximum atomic E-state index is 10.5. The lowest BCUT2D eigenvalue weighted by molar-refractivity contribution is -0.402. The molecule has 1 rings (SSSR count). The number of furan rings is 1. The first-order valence-corrected chi connectivity index (χ1v) is 7.01. The lowest BCUT2D eigenvalue weighted by atomic mass is 10.2. The number of rotatable bonds is 6. The third kappa shape index (κ3) is 5.51. The van der Waals surface area contributed by atoms with Crippen molar-refractivity contribution in [3.05, 3.63) is 33.6 Å². The number of thiocarbonyl (C=S) groups is 1. The summed E-state index contributed by atoms with van der Waals surface area (Å²) in [6.07, 6.45) is 4.95. The number of hydrazone groups is 1. The van der Waals surface area contributed by atoms with Crippen LogP contribution in [0.25, 0.3) is 6.08 Å². The highest BCUT2D eigenvalue weighted by Gasteiger charge is 2.10. The van der Waals surface area contributed by atoms with E-state index in [1.54, 1.807) is 6.08 Å². The van der Waals surface area contributed by atoms with Gasteiger partial charge in [-0.2, -0.15) is 5.10 Å². The minimum Gasteiger partial charge on any atom is -0.401 e. The molecule has 0 radical (unpaired) electrons. The van der Waals surface area contributed by atoms with Crippen molar-refractivity contribution in [2.75, 3.05) is 20.0 Å². The second-order valence-electron chi connectivity index (χ2n) is 3.45. The number of nitrogens with zero attached hydrogens (tertiary/aromatic N) is 2. The van der Waals surface area contributed by atoms with E-state index in [0.29, 0.717) is 15.7 Å². The first-order chi connectivity index (χ1) is 9.56. The molecule has 0 aliphatic heterocycles. The Bertz CT molecular complexity index is 540. The smallest absolute Gasteiger partial charge is 0.401 e. The van der Waals surface area contributed by atoms with Gasteiger partial charge in [-0.3, -0.25) is 15.5 Å². The summed E-state index contributed by atoms with van der Waals surface area (Å²) in [7, 11) is 1.53. The van der Waals surface area contributed by atoms with E-state index in [1.807, 2.05) is 6.26 Å². The molecule has 20 heavy (non-hydrogen) atoms. The molecule has 0 bridgehead atoms. The van der Waals surface area contributed by atoms with Crippen molar-refractivity contribution >= 4 is 46.5 Å². The molecule has 0 aromatic carbocycles. The SMILES string of the molecule is COCC(=C\c1ccc([N+](=O)[O-])o1)/C=N/NC(=S)SC. The molecule has 0 aliphatic carbocycles. The van der Waals surface area contributed by atoms with Gasteiger partial charge in [0, 0.05) is 12.7 Å². The number of methoxy groups -OCH3 is 1. The van der Waals surface area contributed by atoms with Crippen LogP contribution in [0.5, 0.6) is 0 Å². The van der Waals surface area contributed by atoms with Crippen molar-refractivity contribution in [3.8, 4) is 0 Å². The maximum absolute atomic E-state index is 10.5. The molecule has 0 saturated heterocycles. The van der Waals surface area contributed by atoms with Crippen LogP contribution in [0.3, 0.4) is 0 Å². The van der Waals surface area contributed by atoms with E-state index in [4.69, 9.17) is 21.4 Å². The van der Waals surface area contributed by atoms with Gasteiger partial charge in [0.05, 0.1) is 18.9 Å². The minimum atomic E-state index is -0.597. The van der Waals surface area contributed by atoms with Crippen molar-refractivity contribution < 1.29 is 14.1 Å². The van der Waals surface area contributed by atoms with Gasteiger partial charge in [0.25, 0.3) is 0 Å². The zero-order chi connectivity index (χ0) is 15.0. The molecule has 0 atom stereocenters. The fourth-order valence-corrected chi connectivity index (χ4v) is 1.39. The Morgan fingerprint density at radius 1 is 1.70 bits per heavy atom. The largest absolute Gasteiger partial charge is 0.433 e. The number of thioether (sulfide) groups is 1. The maximum Gasteiger partial charge on any atom is 0.433 e. The van der Waals surface area contributed by atoms with Crippen LogP contribution < -0.4 is 5.43 Å². The predicted molar refractivity (Wildman–Crippen MR) is 83.0 cm³/mol. The predicted octanol–water partition coefficient (Wildman–Crippen LogP) is 2.44. The molecule has 0 spiro atoms. The second kappa shape index (κ2) is 8.46. The molecule has 9 heteroatoms. The Morgan fingerprint density at radius 2 is 2.45 bits per heavy atom. The van der Waals surface area contributed by atoms with Crippen molar-refractivity contribution in [2.24, 2.45) is 5.10 Å². The van der Waals surface area contributed by atoms with Crippen LogP contribution in [-0.2, 0) is 4.74 Å². The molecule has 0 unspecified atom stereocenters. The van der Waals surface area contributed by atoms with Crippen molar-refractivity contribution in [3.63, 3.8) is 0 Å². The molecular weight excluding hydrogens is 302 g/mol. The summed E-state index contributed by atoms with van der Waals surface area (Å²) in [4.78, 5) is 9.92. The topological polar surface area (TPSA) is 89.9 Å². The molecule has 7 nitrogen and oxygen atoms in total. The Morgan fingerprint density at radius 3 is 3.00 bits per heavy atom. The zero-order valence-corrected chi connectivity index (χ0v) is 12.5. The van der Waals surface area contributed by atoms with E-state index in [9.17, 15) is 10.1 Å². The van der Waals surface area contributed by atoms with Gasteiger partial charge in [0.1, 0.15) is 10.7 Å². The van der Waals surface area contributed by atoms with Gasteiger partial charge in [0.15, 0.2) is 4.32 Å². The molecule has 1 aromatic heterocycles. The molecule has 0 saturated carbocycles. The van der Waals surface area contributed by atoms with Crippen LogP contribution in [0.15, 0.2) is 27.2 Å². The standard InChI is InChI=1S/C11H13N3O4S2/c1-17-7-8(6-12-13-11(19)20-2)5-9-3-4-10(18-9)14(15)16/h3-6H,7H2,1-2H3,(H,13,19)/b8-5-,12-6+. The zero-order valence-electron chi connectivity index (χ0n) is 10.9. The van der Waals surface area contributed by atoms with Crippen molar-refractivity contribution in [1.29, 1.82) is 0 Å². The van der Waals surface area contributed by atoms with E-state index in [2.05, 4.69) is 10.5 Å². The molecule has 0 fully saturated rings. The fraction of sp³-hybridized carbons (Fsp3) is 0.273. The van der Waals surface area contributed by atoms with Gasteiger partial charge in [-0.05, 0) is 18.4 Å². The summed E-state index contributed by atoms with van der Waals surface area (Å²) in [6, 6.07) is 2.79. The monoisotopic (exact) mass is 315 g/mol. The third-order valence-electron chi connectivity index (χ3n) is 2.00. The Balaban J connectivity index is 2.80.